The fourth-order valence-electron chi connectivity index (χ4n) is 2.69. The van der Waals surface area contributed by atoms with E-state index in [2.05, 4.69) is 10.4 Å². The molecule has 0 amide bonds. The van der Waals surface area contributed by atoms with Gasteiger partial charge in [0.05, 0.1) is 30.3 Å². The Kier molecular flexibility index (Phi) is 6.01. The first-order valence-electron chi connectivity index (χ1n) is 8.72. The Morgan fingerprint density at radius 1 is 1.17 bits per heavy atom. The van der Waals surface area contributed by atoms with Crippen LogP contribution in [0.2, 0.25) is 0 Å². The molecule has 0 aliphatic carbocycles. The fourth-order valence-corrected chi connectivity index (χ4v) is 2.69. The van der Waals surface area contributed by atoms with Crippen LogP contribution >= 0.6 is 0 Å². The van der Waals surface area contributed by atoms with Crippen molar-refractivity contribution in [3.05, 3.63) is 88.4 Å². The van der Waals surface area contributed by atoms with Crippen molar-refractivity contribution in [3.8, 4) is 11.4 Å². The van der Waals surface area contributed by atoms with Gasteiger partial charge in [0, 0.05) is 11.9 Å². The van der Waals surface area contributed by atoms with Crippen molar-refractivity contribution in [2.45, 2.75) is 6.18 Å². The number of alkyl halides is 3. The first-order chi connectivity index (χ1) is 14.3. The average Bonchev–Trinajstić information content (AvgIpc) is 2.74. The number of methoxy groups -OCH3 is 1. The summed E-state index contributed by atoms with van der Waals surface area (Å²) in [5.74, 6) is -0.108. The molecule has 9 heteroatoms. The molecule has 0 radical (unpaired) electrons. The van der Waals surface area contributed by atoms with Crippen molar-refractivity contribution in [3.63, 3.8) is 0 Å². The van der Waals surface area contributed by atoms with Gasteiger partial charge in [-0.05, 0) is 36.4 Å². The molecule has 30 heavy (non-hydrogen) atoms. The maximum Gasteiger partial charge on any atom is 0.416 e. The van der Waals surface area contributed by atoms with Gasteiger partial charge in [-0.15, -0.1) is 0 Å². The van der Waals surface area contributed by atoms with Crippen LogP contribution < -0.4 is 15.5 Å². The number of nitrogens with zero attached hydrogens (tertiary/aromatic N) is 2. The predicted octanol–water partition coefficient (Wildman–Crippen LogP) is 4.36. The minimum absolute atomic E-state index is 0.0956. The number of allylic oxidation sites excluding steroid dienone is 1. The fraction of sp³-hybridized carbons (Fsp3) is 0.0952. The highest BCUT2D eigenvalue weighted by Gasteiger charge is 2.30. The van der Waals surface area contributed by atoms with E-state index in [0.717, 1.165) is 23.0 Å². The number of anilines is 1. The molecule has 0 unspecified atom stereocenters. The molecule has 3 aromatic rings. The van der Waals surface area contributed by atoms with Crippen LogP contribution in [0, 0.1) is 5.41 Å². The second-order valence-corrected chi connectivity index (χ2v) is 6.11. The molecule has 3 rings (SSSR count). The summed E-state index contributed by atoms with van der Waals surface area (Å²) in [5.41, 5.74) is -0.602. The minimum atomic E-state index is -4.53. The molecule has 0 aliphatic rings. The number of hydrogen-bond donors (Lipinski definition) is 2. The Labute approximate surface area is 169 Å². The number of halogens is 3. The van der Waals surface area contributed by atoms with Crippen LogP contribution in [0.15, 0.2) is 71.7 Å². The minimum Gasteiger partial charge on any atom is -0.491 e. The maximum absolute atomic E-state index is 13.1. The topological polar surface area (TPSA) is 80.0 Å². The molecule has 2 N–H and O–H groups in total. The number of rotatable bonds is 6. The Morgan fingerprint density at radius 2 is 1.90 bits per heavy atom. The van der Waals surface area contributed by atoms with Crippen molar-refractivity contribution < 1.29 is 17.9 Å². The Morgan fingerprint density at radius 3 is 2.53 bits per heavy atom. The van der Waals surface area contributed by atoms with Crippen LogP contribution in [-0.4, -0.2) is 23.1 Å². The van der Waals surface area contributed by atoms with Crippen LogP contribution in [-0.2, 0) is 6.18 Å². The zero-order chi connectivity index (χ0) is 21.7. The monoisotopic (exact) mass is 414 g/mol. The molecule has 0 saturated carbocycles. The van der Waals surface area contributed by atoms with Crippen LogP contribution in [0.3, 0.4) is 0 Å². The van der Waals surface area contributed by atoms with Crippen molar-refractivity contribution in [1.29, 1.82) is 5.41 Å². The van der Waals surface area contributed by atoms with Crippen LogP contribution in [0.4, 0.5) is 18.9 Å². The summed E-state index contributed by atoms with van der Waals surface area (Å²) in [6, 6.07) is 13.4. The molecule has 1 heterocycles. The van der Waals surface area contributed by atoms with E-state index < -0.39 is 17.2 Å². The highest BCUT2D eigenvalue weighted by Crippen LogP contribution is 2.30. The van der Waals surface area contributed by atoms with Crippen molar-refractivity contribution in [2.24, 2.45) is 0 Å². The number of aromatic nitrogens is 2. The van der Waals surface area contributed by atoms with Gasteiger partial charge in [0.2, 0.25) is 0 Å². The standard InChI is InChI=1S/C21H17F3N4O2/c1-30-18-13-28(16-9-5-6-14(12-16)21(22,23)24)27-19(20(18)29)17(10-11-25)26-15-7-3-2-4-8-15/h2-13,25-26H,1H3/b17-10-,25-11?. The Balaban J connectivity index is 2.15. The third-order valence-electron chi connectivity index (χ3n) is 4.10. The number of nitrogens with one attached hydrogen (secondary N) is 2. The molecular weight excluding hydrogens is 397 g/mol. The molecule has 0 atom stereocenters. The van der Waals surface area contributed by atoms with E-state index in [1.54, 1.807) is 24.3 Å². The Bertz CT molecular complexity index is 1140. The SMILES string of the molecule is COc1cn(-c2cccc(C(F)(F)F)c2)nc(/C(=C/C=N)Nc2ccccc2)c1=O. The summed E-state index contributed by atoms with van der Waals surface area (Å²) < 4.78 is 45.5. The van der Waals surface area contributed by atoms with Gasteiger partial charge in [-0.2, -0.15) is 18.3 Å². The lowest BCUT2D eigenvalue weighted by atomic mass is 10.2. The van der Waals surface area contributed by atoms with Crippen molar-refractivity contribution >= 4 is 17.6 Å². The summed E-state index contributed by atoms with van der Waals surface area (Å²) >= 11 is 0. The van der Waals surface area contributed by atoms with Crippen LogP contribution in [0.25, 0.3) is 11.4 Å². The van der Waals surface area contributed by atoms with E-state index >= 15 is 0 Å². The predicted molar refractivity (Wildman–Crippen MR) is 108 cm³/mol. The average molecular weight is 414 g/mol. The van der Waals surface area contributed by atoms with Gasteiger partial charge in [0.1, 0.15) is 0 Å². The van der Waals surface area contributed by atoms with Gasteiger partial charge in [-0.3, -0.25) is 4.79 Å². The van der Waals surface area contributed by atoms with Gasteiger partial charge >= 0.3 is 6.18 Å². The zero-order valence-corrected chi connectivity index (χ0v) is 15.8. The summed E-state index contributed by atoms with van der Waals surface area (Å²) in [4.78, 5) is 12.8. The van der Waals surface area contributed by atoms with Crippen LogP contribution in [0.1, 0.15) is 11.3 Å². The van der Waals surface area contributed by atoms with E-state index in [1.165, 1.54) is 31.5 Å². The maximum atomic E-state index is 13.1. The summed E-state index contributed by atoms with van der Waals surface area (Å²) in [6.07, 6.45) is -1.01. The molecule has 0 spiro atoms. The molecule has 0 aliphatic heterocycles. The van der Waals surface area contributed by atoms with Gasteiger partial charge in [0.25, 0.3) is 5.43 Å². The smallest absolute Gasteiger partial charge is 0.416 e. The number of ether oxygens (including phenoxy) is 1. The third-order valence-corrected chi connectivity index (χ3v) is 4.10. The largest absolute Gasteiger partial charge is 0.491 e. The lowest BCUT2D eigenvalue weighted by Crippen LogP contribution is -2.21. The molecule has 0 bridgehead atoms. The molecular formula is C21H17F3N4O2. The number of hydrogen-bond acceptors (Lipinski definition) is 5. The highest BCUT2D eigenvalue weighted by molar-refractivity contribution is 5.87. The second-order valence-electron chi connectivity index (χ2n) is 6.11. The van der Waals surface area contributed by atoms with Crippen molar-refractivity contribution in [2.75, 3.05) is 12.4 Å². The third kappa shape index (κ3) is 4.57. The molecule has 154 valence electrons. The van der Waals surface area contributed by atoms with E-state index in [1.807, 2.05) is 6.07 Å². The molecule has 2 aromatic carbocycles. The molecule has 1 aromatic heterocycles. The number of benzene rings is 2. The molecule has 0 fully saturated rings. The molecule has 0 saturated heterocycles. The van der Waals surface area contributed by atoms with E-state index in [-0.39, 0.29) is 22.8 Å². The second kappa shape index (κ2) is 8.64. The van der Waals surface area contributed by atoms with E-state index in [4.69, 9.17) is 10.1 Å². The van der Waals surface area contributed by atoms with Crippen LogP contribution in [0.5, 0.6) is 5.75 Å². The van der Waals surface area contributed by atoms with Crippen molar-refractivity contribution in [1.82, 2.24) is 9.78 Å². The number of para-hydroxylation sites is 1. The first kappa shape index (κ1) is 20.8. The first-order valence-corrected chi connectivity index (χ1v) is 8.72. The normalized spacial score (nSPS) is 11.8. The summed E-state index contributed by atoms with van der Waals surface area (Å²) in [6.45, 7) is 0. The lowest BCUT2D eigenvalue weighted by molar-refractivity contribution is -0.137. The molecule has 6 nitrogen and oxygen atoms in total. The highest BCUT2D eigenvalue weighted by atomic mass is 19.4. The van der Waals surface area contributed by atoms with Gasteiger partial charge < -0.3 is 15.5 Å². The zero-order valence-electron chi connectivity index (χ0n) is 15.8. The van der Waals surface area contributed by atoms with Gasteiger partial charge in [-0.25, -0.2) is 4.68 Å². The summed E-state index contributed by atoms with van der Waals surface area (Å²) in [5, 5.41) is 14.6. The summed E-state index contributed by atoms with van der Waals surface area (Å²) in [7, 11) is 1.28. The van der Waals surface area contributed by atoms with Gasteiger partial charge in [-0.1, -0.05) is 24.3 Å². The quantitative estimate of drug-likeness (QED) is 0.588. The van der Waals surface area contributed by atoms with Gasteiger partial charge in [0.15, 0.2) is 11.4 Å². The van der Waals surface area contributed by atoms with E-state index in [0.29, 0.717) is 5.69 Å². The van der Waals surface area contributed by atoms with E-state index in [9.17, 15) is 18.0 Å². The Hall–Kier alpha value is -3.88. The lowest BCUT2D eigenvalue weighted by Gasteiger charge is -2.15.